The van der Waals surface area contributed by atoms with Crippen molar-refractivity contribution < 1.29 is 24.1 Å². The van der Waals surface area contributed by atoms with Gasteiger partial charge < -0.3 is 24.6 Å². The van der Waals surface area contributed by atoms with E-state index >= 15 is 0 Å². The monoisotopic (exact) mass is 427 g/mol. The maximum absolute atomic E-state index is 12.7. The van der Waals surface area contributed by atoms with Crippen molar-refractivity contribution in [3.8, 4) is 11.5 Å². The fourth-order valence-corrected chi connectivity index (χ4v) is 4.28. The highest BCUT2D eigenvalue weighted by molar-refractivity contribution is 5.77. The van der Waals surface area contributed by atoms with E-state index in [4.69, 9.17) is 9.47 Å². The van der Waals surface area contributed by atoms with Crippen molar-refractivity contribution in [2.75, 3.05) is 46.9 Å². The van der Waals surface area contributed by atoms with Gasteiger partial charge in [0, 0.05) is 5.56 Å². The molecule has 1 amide bonds. The first-order valence-corrected chi connectivity index (χ1v) is 11.3. The smallest absolute Gasteiger partial charge is 0.275 e. The lowest BCUT2D eigenvalue weighted by molar-refractivity contribution is -1.02. The molecule has 6 heteroatoms. The second-order valence-electron chi connectivity index (χ2n) is 8.48. The molecule has 3 N–H and O–H groups in total. The van der Waals surface area contributed by atoms with E-state index < -0.39 is 0 Å². The predicted octanol–water partition coefficient (Wildman–Crippen LogP) is 0.563. The lowest BCUT2D eigenvalue weighted by Crippen LogP contribution is -3.28. The second kappa shape index (κ2) is 11.2. The largest absolute Gasteiger partial charge is 0.493 e. The van der Waals surface area contributed by atoms with Crippen LogP contribution in [0, 0.1) is 6.92 Å². The van der Waals surface area contributed by atoms with Crippen LogP contribution < -0.4 is 24.6 Å². The van der Waals surface area contributed by atoms with Gasteiger partial charge in [-0.3, -0.25) is 4.79 Å². The molecule has 1 aliphatic rings. The van der Waals surface area contributed by atoms with Gasteiger partial charge in [-0.1, -0.05) is 36.8 Å². The summed E-state index contributed by atoms with van der Waals surface area (Å²) in [5.41, 5.74) is 3.67. The molecule has 0 bridgehead atoms. The number of quaternary nitrogens is 2. The summed E-state index contributed by atoms with van der Waals surface area (Å²) in [6.45, 7) is 9.86. The van der Waals surface area contributed by atoms with E-state index in [1.54, 1.807) is 19.1 Å². The number of ether oxygens (including phenoxy) is 2. The number of amides is 1. The van der Waals surface area contributed by atoms with Crippen LogP contribution in [0.5, 0.6) is 11.5 Å². The number of nitrogens with one attached hydrogen (secondary N) is 3. The average Bonchev–Trinajstić information content (AvgIpc) is 2.79. The van der Waals surface area contributed by atoms with Crippen LogP contribution >= 0.6 is 0 Å². The van der Waals surface area contributed by atoms with Gasteiger partial charge in [-0.25, -0.2) is 0 Å². The zero-order valence-corrected chi connectivity index (χ0v) is 19.3. The van der Waals surface area contributed by atoms with Crippen LogP contribution in [0.4, 0.5) is 0 Å². The van der Waals surface area contributed by atoms with Gasteiger partial charge in [-0.2, -0.15) is 0 Å². The van der Waals surface area contributed by atoms with Crippen LogP contribution in [0.25, 0.3) is 0 Å². The highest BCUT2D eigenvalue weighted by Crippen LogP contribution is 2.27. The number of hydrogen-bond donors (Lipinski definition) is 3. The van der Waals surface area contributed by atoms with Gasteiger partial charge in [0.1, 0.15) is 32.7 Å². The van der Waals surface area contributed by atoms with Crippen molar-refractivity contribution in [3.63, 3.8) is 0 Å². The Bertz CT molecular complexity index is 846. The topological polar surface area (TPSA) is 56.4 Å². The van der Waals surface area contributed by atoms with Gasteiger partial charge in [-0.15, -0.1) is 0 Å². The average molecular weight is 428 g/mol. The van der Waals surface area contributed by atoms with Gasteiger partial charge >= 0.3 is 0 Å². The van der Waals surface area contributed by atoms with Crippen molar-refractivity contribution in [2.45, 2.75) is 32.9 Å². The molecule has 0 saturated carbocycles. The summed E-state index contributed by atoms with van der Waals surface area (Å²) in [6.07, 6.45) is 0.896. The van der Waals surface area contributed by atoms with Gasteiger partial charge in [-0.05, 0) is 37.1 Å². The molecule has 2 aromatic rings. The van der Waals surface area contributed by atoms with Crippen molar-refractivity contribution in [2.24, 2.45) is 0 Å². The van der Waals surface area contributed by atoms with Gasteiger partial charge in [0.25, 0.3) is 5.91 Å². The van der Waals surface area contributed by atoms with Crippen LogP contribution in [0.2, 0.25) is 0 Å². The zero-order chi connectivity index (χ0) is 22.2. The van der Waals surface area contributed by atoms with Gasteiger partial charge in [0.05, 0.1) is 20.3 Å². The van der Waals surface area contributed by atoms with Crippen molar-refractivity contribution in [3.05, 3.63) is 59.2 Å². The molecule has 1 heterocycles. The molecule has 0 spiro atoms. The Hall–Kier alpha value is -2.57. The van der Waals surface area contributed by atoms with E-state index in [1.807, 2.05) is 6.07 Å². The number of carbonyl (C=O) groups is 1. The predicted molar refractivity (Wildman–Crippen MR) is 122 cm³/mol. The van der Waals surface area contributed by atoms with Crippen LogP contribution in [0.3, 0.4) is 0 Å². The minimum atomic E-state index is 0.0875. The molecule has 0 radical (unpaired) electrons. The highest BCUT2D eigenvalue weighted by Gasteiger charge is 2.26. The first kappa shape index (κ1) is 23.1. The molecular formula is C25H37N3O3+2. The number of hydrogen-bond acceptors (Lipinski definition) is 3. The molecule has 3 rings (SSSR count). The standard InChI is InChI=1S/C25H35N3O3/c1-5-22(21-9-6-19(2)7-10-21)26-25(29)18-28-14-12-27(13-15-28)17-20-8-11-23(30-3)24(16-20)31-4/h6-11,16,22H,5,12-15,17-18H2,1-4H3,(H,26,29)/p+2/t22-/m1/s1. The Balaban J connectivity index is 1.46. The molecule has 168 valence electrons. The Morgan fingerprint density at radius 3 is 2.23 bits per heavy atom. The fourth-order valence-electron chi connectivity index (χ4n) is 4.28. The van der Waals surface area contributed by atoms with E-state index in [1.165, 1.54) is 21.6 Å². The molecule has 0 unspecified atom stereocenters. The quantitative estimate of drug-likeness (QED) is 0.548. The first-order chi connectivity index (χ1) is 15.0. The normalized spacial score (nSPS) is 19.5. The molecule has 1 atom stereocenters. The molecular weight excluding hydrogens is 390 g/mol. The molecule has 0 aromatic heterocycles. The molecule has 6 nitrogen and oxygen atoms in total. The summed E-state index contributed by atoms with van der Waals surface area (Å²) in [6, 6.07) is 14.7. The molecule has 1 saturated heterocycles. The van der Waals surface area contributed by atoms with Crippen molar-refractivity contribution in [1.29, 1.82) is 0 Å². The summed E-state index contributed by atoms with van der Waals surface area (Å²) in [5.74, 6) is 1.68. The molecule has 1 fully saturated rings. The third-order valence-electron chi connectivity index (χ3n) is 6.20. The van der Waals surface area contributed by atoms with Crippen LogP contribution in [0.1, 0.15) is 36.1 Å². The Kier molecular flexibility index (Phi) is 8.32. The minimum absolute atomic E-state index is 0.0875. The maximum Gasteiger partial charge on any atom is 0.275 e. The van der Waals surface area contributed by atoms with Gasteiger partial charge in [0.15, 0.2) is 18.0 Å². The zero-order valence-electron chi connectivity index (χ0n) is 19.3. The van der Waals surface area contributed by atoms with E-state index in [2.05, 4.69) is 55.6 Å². The Labute approximate surface area is 186 Å². The van der Waals surface area contributed by atoms with Crippen LogP contribution in [-0.2, 0) is 11.3 Å². The Morgan fingerprint density at radius 1 is 0.968 bits per heavy atom. The van der Waals surface area contributed by atoms with Crippen molar-refractivity contribution >= 4 is 5.91 Å². The van der Waals surface area contributed by atoms with Crippen LogP contribution in [0.15, 0.2) is 42.5 Å². The fraction of sp³-hybridized carbons (Fsp3) is 0.480. The first-order valence-electron chi connectivity index (χ1n) is 11.3. The van der Waals surface area contributed by atoms with Crippen LogP contribution in [-0.4, -0.2) is 52.9 Å². The molecule has 31 heavy (non-hydrogen) atoms. The lowest BCUT2D eigenvalue weighted by atomic mass is 10.0. The molecule has 2 aromatic carbocycles. The number of aryl methyl sites for hydroxylation is 1. The van der Waals surface area contributed by atoms with E-state index in [-0.39, 0.29) is 11.9 Å². The third-order valence-corrected chi connectivity index (χ3v) is 6.20. The molecule has 0 aliphatic carbocycles. The number of piperazine rings is 1. The van der Waals surface area contributed by atoms with E-state index in [0.717, 1.165) is 50.6 Å². The Morgan fingerprint density at radius 2 is 1.61 bits per heavy atom. The van der Waals surface area contributed by atoms with Gasteiger partial charge in [0.2, 0.25) is 0 Å². The van der Waals surface area contributed by atoms with E-state index in [9.17, 15) is 4.79 Å². The minimum Gasteiger partial charge on any atom is -0.493 e. The maximum atomic E-state index is 12.7. The lowest BCUT2D eigenvalue weighted by Gasteiger charge is -2.30. The number of methoxy groups -OCH3 is 2. The summed E-state index contributed by atoms with van der Waals surface area (Å²) in [4.78, 5) is 15.6. The second-order valence-corrected chi connectivity index (χ2v) is 8.48. The summed E-state index contributed by atoms with van der Waals surface area (Å²) in [7, 11) is 3.33. The summed E-state index contributed by atoms with van der Waals surface area (Å²) >= 11 is 0. The summed E-state index contributed by atoms with van der Waals surface area (Å²) < 4.78 is 10.8. The molecule has 1 aliphatic heterocycles. The SMILES string of the molecule is CC[C@@H](NC(=O)C[NH+]1CC[NH+](Cc2ccc(OC)c(OC)c2)CC1)c1ccc(C)cc1. The van der Waals surface area contributed by atoms with Crippen molar-refractivity contribution in [1.82, 2.24) is 5.32 Å². The number of benzene rings is 2. The highest BCUT2D eigenvalue weighted by atomic mass is 16.5. The third kappa shape index (κ3) is 6.45. The number of carbonyl (C=O) groups excluding carboxylic acids is 1. The summed E-state index contributed by atoms with van der Waals surface area (Å²) in [5, 5.41) is 3.23. The number of rotatable bonds is 9. The van der Waals surface area contributed by atoms with E-state index in [0.29, 0.717) is 6.54 Å².